The van der Waals surface area contributed by atoms with Crippen LogP contribution in [0.4, 0.5) is 5.69 Å². The first-order chi connectivity index (χ1) is 10.1. The fourth-order valence-corrected chi connectivity index (χ4v) is 2.15. The van der Waals surface area contributed by atoms with Gasteiger partial charge in [0.25, 0.3) is 5.91 Å². The molecular formula is C16H17ClN2O2. The fourth-order valence-electron chi connectivity index (χ4n) is 1.97. The maximum absolute atomic E-state index is 11.9. The van der Waals surface area contributed by atoms with E-state index in [-0.39, 0.29) is 18.6 Å². The summed E-state index contributed by atoms with van der Waals surface area (Å²) in [5.74, 6) is 0.343. The number of nitrogen functional groups attached to an aromatic ring is 1. The summed E-state index contributed by atoms with van der Waals surface area (Å²) >= 11 is 5.85. The summed E-state index contributed by atoms with van der Waals surface area (Å²) in [4.78, 5) is 11.9. The molecule has 1 atom stereocenters. The number of rotatable bonds is 5. The molecule has 0 aromatic heterocycles. The number of amides is 1. The summed E-state index contributed by atoms with van der Waals surface area (Å²) in [6.45, 7) is 1.81. The molecule has 0 aliphatic heterocycles. The largest absolute Gasteiger partial charge is 0.484 e. The first kappa shape index (κ1) is 15.2. The second kappa shape index (κ2) is 6.99. The highest BCUT2D eigenvalue weighted by Crippen LogP contribution is 2.19. The molecule has 2 aromatic carbocycles. The predicted octanol–water partition coefficient (Wildman–Crippen LogP) is 3.18. The van der Waals surface area contributed by atoms with Crippen molar-refractivity contribution in [2.24, 2.45) is 0 Å². The van der Waals surface area contributed by atoms with Gasteiger partial charge in [0.2, 0.25) is 0 Å². The molecule has 21 heavy (non-hydrogen) atoms. The molecule has 2 rings (SSSR count). The number of carbonyl (C=O) groups is 1. The highest BCUT2D eigenvalue weighted by atomic mass is 35.5. The van der Waals surface area contributed by atoms with E-state index in [4.69, 9.17) is 22.1 Å². The maximum atomic E-state index is 11.9. The Bertz CT molecular complexity index is 631. The smallest absolute Gasteiger partial charge is 0.258 e. The molecule has 110 valence electrons. The number of carbonyl (C=O) groups excluding carboxylic acids is 1. The van der Waals surface area contributed by atoms with Gasteiger partial charge in [-0.15, -0.1) is 0 Å². The Morgan fingerprint density at radius 2 is 2.05 bits per heavy atom. The number of anilines is 1. The normalized spacial score (nSPS) is 11.7. The zero-order valence-corrected chi connectivity index (χ0v) is 12.4. The van der Waals surface area contributed by atoms with Gasteiger partial charge in [-0.25, -0.2) is 0 Å². The number of halogens is 1. The molecule has 0 bridgehead atoms. The van der Waals surface area contributed by atoms with Gasteiger partial charge >= 0.3 is 0 Å². The van der Waals surface area contributed by atoms with Crippen LogP contribution >= 0.6 is 11.6 Å². The number of para-hydroxylation sites is 1. The summed E-state index contributed by atoms with van der Waals surface area (Å²) in [6, 6.07) is 14.2. The van der Waals surface area contributed by atoms with Crippen molar-refractivity contribution in [3.8, 4) is 5.75 Å². The molecule has 1 unspecified atom stereocenters. The van der Waals surface area contributed by atoms with Crippen LogP contribution in [0.5, 0.6) is 5.75 Å². The van der Waals surface area contributed by atoms with E-state index < -0.39 is 0 Å². The van der Waals surface area contributed by atoms with Crippen LogP contribution in [0.15, 0.2) is 48.5 Å². The molecular weight excluding hydrogens is 288 g/mol. The van der Waals surface area contributed by atoms with Crippen LogP contribution in [0.1, 0.15) is 18.5 Å². The minimum absolute atomic E-state index is 0.0720. The Kier molecular flexibility index (Phi) is 5.06. The third-order valence-electron chi connectivity index (χ3n) is 3.01. The van der Waals surface area contributed by atoms with Crippen molar-refractivity contribution < 1.29 is 9.53 Å². The molecule has 3 N–H and O–H groups in total. The molecule has 5 heteroatoms. The Morgan fingerprint density at radius 1 is 1.29 bits per heavy atom. The van der Waals surface area contributed by atoms with Crippen molar-refractivity contribution in [1.82, 2.24) is 5.32 Å². The number of hydrogen-bond acceptors (Lipinski definition) is 3. The summed E-state index contributed by atoms with van der Waals surface area (Å²) in [5, 5.41) is 3.41. The van der Waals surface area contributed by atoms with Gasteiger partial charge in [-0.2, -0.15) is 0 Å². The zero-order chi connectivity index (χ0) is 15.2. The van der Waals surface area contributed by atoms with E-state index in [2.05, 4.69) is 5.32 Å². The third kappa shape index (κ3) is 4.39. The fraction of sp³-hybridized carbons (Fsp3) is 0.188. The van der Waals surface area contributed by atoms with E-state index in [0.29, 0.717) is 16.5 Å². The van der Waals surface area contributed by atoms with Crippen LogP contribution in [0, 0.1) is 0 Å². The number of benzene rings is 2. The van der Waals surface area contributed by atoms with Gasteiger partial charge in [0.1, 0.15) is 5.75 Å². The second-order valence-electron chi connectivity index (χ2n) is 4.66. The lowest BCUT2D eigenvalue weighted by Crippen LogP contribution is -2.31. The molecule has 0 heterocycles. The standard InChI is InChI=1S/C16H17ClN2O2/c1-11(14-7-2-3-8-15(14)18)19-16(20)10-21-13-6-4-5-12(17)9-13/h2-9,11H,10,18H2,1H3,(H,19,20). The van der Waals surface area contributed by atoms with E-state index >= 15 is 0 Å². The Balaban J connectivity index is 1.89. The SMILES string of the molecule is CC(NC(=O)COc1cccc(Cl)c1)c1ccccc1N. The molecule has 0 radical (unpaired) electrons. The lowest BCUT2D eigenvalue weighted by molar-refractivity contribution is -0.123. The number of nitrogens with one attached hydrogen (secondary N) is 1. The van der Waals surface area contributed by atoms with Gasteiger partial charge in [0, 0.05) is 10.7 Å². The first-order valence-corrected chi connectivity index (χ1v) is 6.96. The molecule has 0 spiro atoms. The minimum atomic E-state index is -0.217. The summed E-state index contributed by atoms with van der Waals surface area (Å²) in [5.41, 5.74) is 7.42. The minimum Gasteiger partial charge on any atom is -0.484 e. The van der Waals surface area contributed by atoms with Crippen LogP contribution < -0.4 is 15.8 Å². The molecule has 1 amide bonds. The van der Waals surface area contributed by atoms with Gasteiger partial charge in [-0.05, 0) is 36.8 Å². The Labute approximate surface area is 128 Å². The highest BCUT2D eigenvalue weighted by molar-refractivity contribution is 6.30. The van der Waals surface area contributed by atoms with E-state index in [0.717, 1.165) is 5.56 Å². The number of hydrogen-bond donors (Lipinski definition) is 2. The second-order valence-corrected chi connectivity index (χ2v) is 5.10. The van der Waals surface area contributed by atoms with Gasteiger partial charge in [-0.1, -0.05) is 35.9 Å². The van der Waals surface area contributed by atoms with Gasteiger partial charge in [-0.3, -0.25) is 4.79 Å². The van der Waals surface area contributed by atoms with Crippen LogP contribution in [-0.2, 0) is 4.79 Å². The molecule has 0 saturated carbocycles. The summed E-state index contributed by atoms with van der Waals surface area (Å²) < 4.78 is 5.39. The van der Waals surface area contributed by atoms with Crippen LogP contribution in [0.25, 0.3) is 0 Å². The highest BCUT2D eigenvalue weighted by Gasteiger charge is 2.12. The van der Waals surface area contributed by atoms with Crippen molar-refractivity contribution in [1.29, 1.82) is 0 Å². The van der Waals surface area contributed by atoms with Crippen molar-refractivity contribution in [3.63, 3.8) is 0 Å². The van der Waals surface area contributed by atoms with Gasteiger partial charge < -0.3 is 15.8 Å². The van der Waals surface area contributed by atoms with Crippen LogP contribution in [-0.4, -0.2) is 12.5 Å². The van der Waals surface area contributed by atoms with Crippen molar-refractivity contribution in [3.05, 3.63) is 59.1 Å². The zero-order valence-electron chi connectivity index (χ0n) is 11.7. The van der Waals surface area contributed by atoms with Gasteiger partial charge in [0.05, 0.1) is 6.04 Å². The monoisotopic (exact) mass is 304 g/mol. The molecule has 2 aromatic rings. The molecule has 0 aliphatic rings. The third-order valence-corrected chi connectivity index (χ3v) is 3.24. The maximum Gasteiger partial charge on any atom is 0.258 e. The number of ether oxygens (including phenoxy) is 1. The lowest BCUT2D eigenvalue weighted by atomic mass is 10.1. The average Bonchev–Trinajstić information content (AvgIpc) is 2.45. The topological polar surface area (TPSA) is 64.3 Å². The van der Waals surface area contributed by atoms with Crippen LogP contribution in [0.3, 0.4) is 0 Å². The van der Waals surface area contributed by atoms with Crippen LogP contribution in [0.2, 0.25) is 5.02 Å². The van der Waals surface area contributed by atoms with E-state index in [1.165, 1.54) is 0 Å². The Hall–Kier alpha value is -2.20. The summed E-state index contributed by atoms with van der Waals surface area (Å²) in [6.07, 6.45) is 0. The number of nitrogens with two attached hydrogens (primary N) is 1. The van der Waals surface area contributed by atoms with Crippen molar-refractivity contribution in [2.45, 2.75) is 13.0 Å². The molecule has 0 aliphatic carbocycles. The molecule has 0 fully saturated rings. The lowest BCUT2D eigenvalue weighted by Gasteiger charge is -2.16. The molecule has 0 saturated heterocycles. The van der Waals surface area contributed by atoms with Crippen molar-refractivity contribution in [2.75, 3.05) is 12.3 Å². The Morgan fingerprint density at radius 3 is 2.76 bits per heavy atom. The average molecular weight is 305 g/mol. The first-order valence-electron chi connectivity index (χ1n) is 6.58. The quantitative estimate of drug-likeness (QED) is 0.834. The van der Waals surface area contributed by atoms with E-state index in [9.17, 15) is 4.79 Å². The van der Waals surface area contributed by atoms with E-state index in [1.807, 2.05) is 25.1 Å². The summed E-state index contributed by atoms with van der Waals surface area (Å²) in [7, 11) is 0. The van der Waals surface area contributed by atoms with Gasteiger partial charge in [0.15, 0.2) is 6.61 Å². The van der Waals surface area contributed by atoms with Crippen molar-refractivity contribution >= 4 is 23.2 Å². The molecule has 4 nitrogen and oxygen atoms in total. The predicted molar refractivity (Wildman–Crippen MR) is 84.4 cm³/mol. The van der Waals surface area contributed by atoms with E-state index in [1.54, 1.807) is 30.3 Å².